The van der Waals surface area contributed by atoms with E-state index in [4.69, 9.17) is 11.6 Å². The topological polar surface area (TPSA) is 67.8 Å². The molecular formula is C25H20ClN3O2S. The summed E-state index contributed by atoms with van der Waals surface area (Å²) in [5, 5.41) is 10.7. The van der Waals surface area contributed by atoms with E-state index in [0.717, 1.165) is 43.2 Å². The number of fused-ring (bicyclic) bond motifs is 3. The second kappa shape index (κ2) is 8.42. The summed E-state index contributed by atoms with van der Waals surface area (Å²) in [6.07, 6.45) is 5.04. The number of hydrogen-bond acceptors (Lipinski definition) is 4. The van der Waals surface area contributed by atoms with Crippen LogP contribution in [0, 0.1) is 11.3 Å². The molecule has 4 aromatic rings. The standard InChI is InChI=1S/C25H20ClN3O2S/c26-18-10-12-19(13-11-18)29-23(30)22-20-8-2-1-3-9-21(20)32-24(22)28(25(29)31)15-17-7-5-4-6-16(17)14-27/h4-7,10-13H,1-3,8-9,15H2. The average molecular weight is 462 g/mol. The second-order valence-electron chi connectivity index (χ2n) is 8.00. The monoisotopic (exact) mass is 461 g/mol. The van der Waals surface area contributed by atoms with Gasteiger partial charge in [0.1, 0.15) is 4.83 Å². The second-order valence-corrected chi connectivity index (χ2v) is 9.52. The van der Waals surface area contributed by atoms with E-state index in [1.807, 2.05) is 18.2 Å². The molecule has 0 unspecified atom stereocenters. The molecule has 32 heavy (non-hydrogen) atoms. The molecule has 0 N–H and O–H groups in total. The van der Waals surface area contributed by atoms with Crippen LogP contribution >= 0.6 is 22.9 Å². The van der Waals surface area contributed by atoms with Gasteiger partial charge in [-0.2, -0.15) is 5.26 Å². The number of benzene rings is 2. The van der Waals surface area contributed by atoms with Crippen molar-refractivity contribution in [1.29, 1.82) is 5.26 Å². The number of halogens is 1. The predicted octanol–water partition coefficient (Wildman–Crippen LogP) is 5.06. The van der Waals surface area contributed by atoms with Gasteiger partial charge >= 0.3 is 5.69 Å². The summed E-state index contributed by atoms with van der Waals surface area (Å²) < 4.78 is 2.90. The minimum Gasteiger partial charge on any atom is -0.279 e. The first-order chi connectivity index (χ1) is 15.6. The number of aromatic nitrogens is 2. The fourth-order valence-corrected chi connectivity index (χ4v) is 5.94. The van der Waals surface area contributed by atoms with E-state index in [9.17, 15) is 14.9 Å². The minimum absolute atomic E-state index is 0.229. The van der Waals surface area contributed by atoms with Crippen LogP contribution in [0.5, 0.6) is 0 Å². The Morgan fingerprint density at radius 3 is 2.53 bits per heavy atom. The molecular weight excluding hydrogens is 442 g/mol. The Labute approximate surface area is 193 Å². The highest BCUT2D eigenvalue weighted by Gasteiger charge is 2.24. The van der Waals surface area contributed by atoms with E-state index in [-0.39, 0.29) is 12.1 Å². The molecule has 2 heterocycles. The van der Waals surface area contributed by atoms with E-state index < -0.39 is 5.69 Å². The summed E-state index contributed by atoms with van der Waals surface area (Å²) in [6.45, 7) is 0.229. The molecule has 1 aliphatic carbocycles. The normalized spacial score (nSPS) is 13.5. The number of nitriles is 1. The maximum absolute atomic E-state index is 13.7. The Morgan fingerprint density at radius 2 is 1.75 bits per heavy atom. The van der Waals surface area contributed by atoms with E-state index in [1.54, 1.807) is 46.2 Å². The first-order valence-corrected chi connectivity index (χ1v) is 11.8. The average Bonchev–Trinajstić information content (AvgIpc) is 3.01. The van der Waals surface area contributed by atoms with Gasteiger partial charge in [-0.1, -0.05) is 36.2 Å². The molecule has 5 nitrogen and oxygen atoms in total. The summed E-state index contributed by atoms with van der Waals surface area (Å²) in [6, 6.07) is 16.2. The lowest BCUT2D eigenvalue weighted by Crippen LogP contribution is -2.39. The third kappa shape index (κ3) is 3.48. The van der Waals surface area contributed by atoms with Crippen LogP contribution in [0.4, 0.5) is 0 Å². The molecule has 0 saturated carbocycles. The van der Waals surface area contributed by atoms with Crippen LogP contribution in [0.1, 0.15) is 40.8 Å². The van der Waals surface area contributed by atoms with Gasteiger partial charge in [-0.3, -0.25) is 9.36 Å². The third-order valence-corrected chi connectivity index (χ3v) is 7.60. The lowest BCUT2D eigenvalue weighted by molar-refractivity contribution is 0.708. The lowest BCUT2D eigenvalue weighted by atomic mass is 10.1. The number of nitrogens with zero attached hydrogens (tertiary/aromatic N) is 3. The summed E-state index contributed by atoms with van der Waals surface area (Å²) in [4.78, 5) is 29.3. The van der Waals surface area contributed by atoms with Gasteiger partial charge in [0.25, 0.3) is 5.56 Å². The fraction of sp³-hybridized carbons (Fsp3) is 0.240. The smallest absolute Gasteiger partial charge is 0.279 e. The van der Waals surface area contributed by atoms with Gasteiger partial charge in [0.2, 0.25) is 0 Å². The number of hydrogen-bond donors (Lipinski definition) is 0. The highest BCUT2D eigenvalue weighted by atomic mass is 35.5. The first-order valence-electron chi connectivity index (χ1n) is 10.6. The van der Waals surface area contributed by atoms with E-state index in [2.05, 4.69) is 6.07 Å². The Balaban J connectivity index is 1.84. The molecule has 160 valence electrons. The largest absolute Gasteiger partial charge is 0.337 e. The van der Waals surface area contributed by atoms with Crippen LogP contribution in [-0.4, -0.2) is 9.13 Å². The lowest BCUT2D eigenvalue weighted by Gasteiger charge is -2.13. The first kappa shape index (κ1) is 20.7. The molecule has 0 atom stereocenters. The van der Waals surface area contributed by atoms with Gasteiger partial charge in [0, 0.05) is 9.90 Å². The summed E-state index contributed by atoms with van der Waals surface area (Å²) in [5.41, 5.74) is 2.16. The van der Waals surface area contributed by atoms with E-state index in [1.165, 1.54) is 9.44 Å². The third-order valence-electron chi connectivity index (χ3n) is 6.04. The fourth-order valence-electron chi connectivity index (χ4n) is 4.44. The van der Waals surface area contributed by atoms with Gasteiger partial charge in [-0.05, 0) is 67.1 Å². The van der Waals surface area contributed by atoms with Crippen molar-refractivity contribution in [3.05, 3.63) is 96.0 Å². The van der Waals surface area contributed by atoms with Crippen molar-refractivity contribution >= 4 is 33.2 Å². The molecule has 0 bridgehead atoms. The number of aryl methyl sites for hydroxylation is 2. The van der Waals surface area contributed by atoms with Crippen LogP contribution in [0.3, 0.4) is 0 Å². The van der Waals surface area contributed by atoms with Gasteiger partial charge < -0.3 is 0 Å². The van der Waals surface area contributed by atoms with Gasteiger partial charge in [0.15, 0.2) is 0 Å². The van der Waals surface area contributed by atoms with Crippen molar-refractivity contribution < 1.29 is 0 Å². The molecule has 1 aliphatic rings. The Morgan fingerprint density at radius 1 is 1.00 bits per heavy atom. The zero-order valence-electron chi connectivity index (χ0n) is 17.3. The molecule has 0 radical (unpaired) electrons. The van der Waals surface area contributed by atoms with Crippen molar-refractivity contribution in [1.82, 2.24) is 9.13 Å². The Hall–Kier alpha value is -3.14. The molecule has 0 amide bonds. The van der Waals surface area contributed by atoms with Crippen LogP contribution < -0.4 is 11.2 Å². The summed E-state index contributed by atoms with van der Waals surface area (Å²) >= 11 is 7.59. The molecule has 7 heteroatoms. The molecule has 0 spiro atoms. The SMILES string of the molecule is N#Cc1ccccc1Cn1c(=O)n(-c2ccc(Cl)cc2)c(=O)c2c3c(sc21)CCCCC3. The van der Waals surface area contributed by atoms with Crippen LogP contribution in [0.2, 0.25) is 5.02 Å². The molecule has 5 rings (SSSR count). The van der Waals surface area contributed by atoms with E-state index in [0.29, 0.717) is 26.5 Å². The van der Waals surface area contributed by atoms with Gasteiger partial charge in [0.05, 0.1) is 29.3 Å². The van der Waals surface area contributed by atoms with Crippen molar-refractivity contribution in [2.75, 3.05) is 0 Å². The van der Waals surface area contributed by atoms with Gasteiger partial charge in [-0.15, -0.1) is 11.3 Å². The Bertz CT molecular complexity index is 1490. The van der Waals surface area contributed by atoms with Crippen LogP contribution in [0.15, 0.2) is 58.1 Å². The zero-order valence-corrected chi connectivity index (χ0v) is 18.9. The zero-order chi connectivity index (χ0) is 22.2. The summed E-state index contributed by atoms with van der Waals surface area (Å²) in [7, 11) is 0. The van der Waals surface area contributed by atoms with Crippen molar-refractivity contribution in [3.8, 4) is 11.8 Å². The predicted molar refractivity (Wildman–Crippen MR) is 128 cm³/mol. The summed E-state index contributed by atoms with van der Waals surface area (Å²) in [5.74, 6) is 0. The van der Waals surface area contributed by atoms with Crippen LogP contribution in [0.25, 0.3) is 15.9 Å². The van der Waals surface area contributed by atoms with Crippen LogP contribution in [-0.2, 0) is 19.4 Å². The molecule has 2 aromatic heterocycles. The van der Waals surface area contributed by atoms with Gasteiger partial charge in [-0.25, -0.2) is 9.36 Å². The number of rotatable bonds is 3. The van der Waals surface area contributed by atoms with Crippen molar-refractivity contribution in [2.45, 2.75) is 38.6 Å². The van der Waals surface area contributed by atoms with E-state index >= 15 is 0 Å². The highest BCUT2D eigenvalue weighted by Crippen LogP contribution is 2.34. The Kier molecular flexibility index (Phi) is 5.46. The molecule has 0 saturated heterocycles. The molecule has 2 aromatic carbocycles. The van der Waals surface area contributed by atoms with Crippen molar-refractivity contribution in [2.24, 2.45) is 0 Å². The molecule has 0 fully saturated rings. The highest BCUT2D eigenvalue weighted by molar-refractivity contribution is 7.18. The maximum atomic E-state index is 13.7. The minimum atomic E-state index is -0.408. The quantitative estimate of drug-likeness (QED) is 0.400. The maximum Gasteiger partial charge on any atom is 0.337 e. The molecule has 0 aliphatic heterocycles. The number of thiophene rings is 1. The van der Waals surface area contributed by atoms with Crippen molar-refractivity contribution in [3.63, 3.8) is 0 Å².